The van der Waals surface area contributed by atoms with Gasteiger partial charge in [0.2, 0.25) is 0 Å². The predicted molar refractivity (Wildman–Crippen MR) is 72.8 cm³/mol. The highest BCUT2D eigenvalue weighted by molar-refractivity contribution is 5.67. The van der Waals surface area contributed by atoms with E-state index in [0.29, 0.717) is 12.0 Å². The Hall–Kier alpha value is -1.18. The lowest BCUT2D eigenvalue weighted by atomic mass is 10.0. The number of para-hydroxylation sites is 2. The molecule has 0 aliphatic heterocycles. The second-order valence-electron chi connectivity index (χ2n) is 4.82. The highest BCUT2D eigenvalue weighted by Gasteiger charge is 2.15. The molecule has 1 aromatic rings. The van der Waals surface area contributed by atoms with Gasteiger partial charge in [-0.3, -0.25) is 0 Å². The molecule has 0 amide bonds. The van der Waals surface area contributed by atoms with E-state index in [0.717, 1.165) is 17.9 Å². The van der Waals surface area contributed by atoms with Gasteiger partial charge in [0.15, 0.2) is 0 Å². The first-order valence-corrected chi connectivity index (χ1v) is 6.17. The molecule has 0 fully saturated rings. The summed E-state index contributed by atoms with van der Waals surface area (Å²) in [7, 11) is 0. The third-order valence-electron chi connectivity index (χ3n) is 2.93. The van der Waals surface area contributed by atoms with Crippen LogP contribution in [0.2, 0.25) is 0 Å². The molecule has 0 saturated heterocycles. The summed E-state index contributed by atoms with van der Waals surface area (Å²) in [5.74, 6) is 0.717. The molecule has 90 valence electrons. The number of hydrogen-bond acceptors (Lipinski definition) is 2. The predicted octanol–water partition coefficient (Wildman–Crippen LogP) is 3.53. The normalized spacial score (nSPS) is 12.8. The van der Waals surface area contributed by atoms with Crippen LogP contribution in [0.3, 0.4) is 0 Å². The van der Waals surface area contributed by atoms with Crippen molar-refractivity contribution in [3.8, 4) is 0 Å². The Morgan fingerprint density at radius 3 is 2.31 bits per heavy atom. The fourth-order valence-corrected chi connectivity index (χ4v) is 2.28. The highest BCUT2D eigenvalue weighted by Crippen LogP contribution is 2.26. The number of rotatable bonds is 5. The summed E-state index contributed by atoms with van der Waals surface area (Å²) in [4.78, 5) is 2.38. The van der Waals surface area contributed by atoms with E-state index in [-0.39, 0.29) is 0 Å². The van der Waals surface area contributed by atoms with Crippen molar-refractivity contribution in [2.75, 3.05) is 17.2 Å². The summed E-state index contributed by atoms with van der Waals surface area (Å²) < 4.78 is 0. The third kappa shape index (κ3) is 3.16. The van der Waals surface area contributed by atoms with Gasteiger partial charge in [-0.2, -0.15) is 0 Å². The highest BCUT2D eigenvalue weighted by atomic mass is 15.2. The van der Waals surface area contributed by atoms with Gasteiger partial charge in [0.25, 0.3) is 0 Å². The number of benzene rings is 1. The molecule has 1 unspecified atom stereocenters. The number of anilines is 2. The van der Waals surface area contributed by atoms with E-state index >= 15 is 0 Å². The first-order chi connectivity index (χ1) is 7.56. The van der Waals surface area contributed by atoms with E-state index in [1.807, 2.05) is 12.1 Å². The summed E-state index contributed by atoms with van der Waals surface area (Å²) in [5, 5.41) is 0. The Morgan fingerprint density at radius 2 is 1.81 bits per heavy atom. The maximum Gasteiger partial charge on any atom is 0.0602 e. The molecule has 0 aliphatic rings. The number of nitrogens with two attached hydrogens (primary N) is 1. The SMILES string of the molecule is CCN(c1ccccc1N)C(C)CC(C)C. The molecular weight excluding hydrogens is 196 g/mol. The van der Waals surface area contributed by atoms with Crippen molar-refractivity contribution >= 4 is 11.4 Å². The van der Waals surface area contributed by atoms with Gasteiger partial charge in [-0.25, -0.2) is 0 Å². The van der Waals surface area contributed by atoms with Crippen molar-refractivity contribution in [1.29, 1.82) is 0 Å². The van der Waals surface area contributed by atoms with Crippen LogP contribution in [0, 0.1) is 5.92 Å². The molecule has 16 heavy (non-hydrogen) atoms. The molecule has 1 rings (SSSR count). The summed E-state index contributed by atoms with van der Waals surface area (Å²) in [6.45, 7) is 9.98. The molecule has 1 aromatic carbocycles. The van der Waals surface area contributed by atoms with Gasteiger partial charge in [0.05, 0.1) is 11.4 Å². The second-order valence-corrected chi connectivity index (χ2v) is 4.82. The molecule has 0 aromatic heterocycles. The van der Waals surface area contributed by atoms with Crippen LogP contribution in [-0.2, 0) is 0 Å². The minimum Gasteiger partial charge on any atom is -0.397 e. The largest absolute Gasteiger partial charge is 0.397 e. The van der Waals surface area contributed by atoms with E-state index in [4.69, 9.17) is 5.73 Å². The standard InChI is InChI=1S/C14H24N2/c1-5-16(12(4)10-11(2)3)14-9-7-6-8-13(14)15/h6-9,11-12H,5,10,15H2,1-4H3. The zero-order valence-corrected chi connectivity index (χ0v) is 10.9. The van der Waals surface area contributed by atoms with Crippen LogP contribution in [0.5, 0.6) is 0 Å². The van der Waals surface area contributed by atoms with Crippen molar-refractivity contribution < 1.29 is 0 Å². The summed E-state index contributed by atoms with van der Waals surface area (Å²) in [5.41, 5.74) is 8.06. The van der Waals surface area contributed by atoms with Crippen LogP contribution in [0.15, 0.2) is 24.3 Å². The van der Waals surface area contributed by atoms with Gasteiger partial charge >= 0.3 is 0 Å². The van der Waals surface area contributed by atoms with Crippen molar-refractivity contribution in [1.82, 2.24) is 0 Å². The van der Waals surface area contributed by atoms with E-state index in [9.17, 15) is 0 Å². The minimum absolute atomic E-state index is 0.537. The topological polar surface area (TPSA) is 29.3 Å². The molecule has 2 nitrogen and oxygen atoms in total. The van der Waals surface area contributed by atoms with Crippen LogP contribution < -0.4 is 10.6 Å². The number of hydrogen-bond donors (Lipinski definition) is 1. The van der Waals surface area contributed by atoms with Crippen LogP contribution in [-0.4, -0.2) is 12.6 Å². The molecule has 0 aliphatic carbocycles. The first kappa shape index (κ1) is 12.9. The van der Waals surface area contributed by atoms with E-state index in [1.165, 1.54) is 6.42 Å². The average molecular weight is 220 g/mol. The number of nitrogens with zero attached hydrogens (tertiary/aromatic N) is 1. The van der Waals surface area contributed by atoms with Gasteiger partial charge in [-0.15, -0.1) is 0 Å². The van der Waals surface area contributed by atoms with E-state index in [2.05, 4.69) is 44.7 Å². The molecule has 2 heteroatoms. The van der Waals surface area contributed by atoms with Crippen LogP contribution in [0.4, 0.5) is 11.4 Å². The van der Waals surface area contributed by atoms with Crippen LogP contribution in [0.25, 0.3) is 0 Å². The second kappa shape index (κ2) is 5.78. The van der Waals surface area contributed by atoms with Gasteiger partial charge in [-0.1, -0.05) is 26.0 Å². The fraction of sp³-hybridized carbons (Fsp3) is 0.571. The van der Waals surface area contributed by atoms with Crippen molar-refractivity contribution in [2.45, 2.75) is 40.2 Å². The maximum absolute atomic E-state index is 6.02. The zero-order valence-electron chi connectivity index (χ0n) is 10.9. The smallest absolute Gasteiger partial charge is 0.0602 e. The Labute approximate surface area is 99.5 Å². The van der Waals surface area contributed by atoms with Gasteiger partial charge in [0.1, 0.15) is 0 Å². The Bertz CT molecular complexity index is 320. The van der Waals surface area contributed by atoms with Crippen LogP contribution >= 0.6 is 0 Å². The third-order valence-corrected chi connectivity index (χ3v) is 2.93. The van der Waals surface area contributed by atoms with E-state index in [1.54, 1.807) is 0 Å². The quantitative estimate of drug-likeness (QED) is 0.769. The lowest BCUT2D eigenvalue weighted by molar-refractivity contribution is 0.493. The monoisotopic (exact) mass is 220 g/mol. The Morgan fingerprint density at radius 1 is 1.19 bits per heavy atom. The van der Waals surface area contributed by atoms with Crippen molar-refractivity contribution in [3.63, 3.8) is 0 Å². The van der Waals surface area contributed by atoms with Crippen LogP contribution in [0.1, 0.15) is 34.1 Å². The lowest BCUT2D eigenvalue weighted by Gasteiger charge is -2.32. The fourth-order valence-electron chi connectivity index (χ4n) is 2.28. The molecule has 1 atom stereocenters. The summed E-state index contributed by atoms with van der Waals surface area (Å²) in [6, 6.07) is 8.65. The van der Waals surface area contributed by atoms with E-state index < -0.39 is 0 Å². The molecule has 0 radical (unpaired) electrons. The van der Waals surface area contributed by atoms with Crippen molar-refractivity contribution in [3.05, 3.63) is 24.3 Å². The molecular formula is C14H24N2. The molecule has 2 N–H and O–H groups in total. The first-order valence-electron chi connectivity index (χ1n) is 6.17. The molecule has 0 spiro atoms. The van der Waals surface area contributed by atoms with Gasteiger partial charge in [0, 0.05) is 12.6 Å². The Balaban J connectivity index is 2.86. The average Bonchev–Trinajstić information content (AvgIpc) is 2.20. The maximum atomic E-state index is 6.02. The summed E-state index contributed by atoms with van der Waals surface area (Å²) in [6.07, 6.45) is 1.20. The molecule has 0 bridgehead atoms. The zero-order chi connectivity index (χ0) is 12.1. The molecule has 0 heterocycles. The Kier molecular flexibility index (Phi) is 4.66. The van der Waals surface area contributed by atoms with Gasteiger partial charge < -0.3 is 10.6 Å². The lowest BCUT2D eigenvalue weighted by Crippen LogP contribution is -2.34. The van der Waals surface area contributed by atoms with Crippen molar-refractivity contribution in [2.24, 2.45) is 5.92 Å². The van der Waals surface area contributed by atoms with Gasteiger partial charge in [-0.05, 0) is 38.3 Å². The summed E-state index contributed by atoms with van der Waals surface area (Å²) >= 11 is 0. The molecule has 0 saturated carbocycles. The minimum atomic E-state index is 0.537. The number of nitrogen functional groups attached to an aromatic ring is 1.